The third-order valence-electron chi connectivity index (χ3n) is 3.44. The standard InChI is InChI=1S/C14H19NO2/c1-2-13(16)12-9-6-10-15(12)14(17)11-7-4-3-5-8-11/h3-5,7-8,12-13,16H,2,6,9-10H2,1H3. The molecule has 0 bridgehead atoms. The van der Waals surface area contributed by atoms with Gasteiger partial charge in [-0.3, -0.25) is 4.79 Å². The molecule has 2 unspecified atom stereocenters. The first kappa shape index (κ1) is 12.1. The Kier molecular flexibility index (Phi) is 3.79. The zero-order valence-electron chi connectivity index (χ0n) is 10.2. The summed E-state index contributed by atoms with van der Waals surface area (Å²) in [6.45, 7) is 2.71. The molecular formula is C14H19NO2. The molecule has 0 spiro atoms. The van der Waals surface area contributed by atoms with Crippen molar-refractivity contribution in [3.63, 3.8) is 0 Å². The minimum atomic E-state index is -0.398. The van der Waals surface area contributed by atoms with E-state index in [0.717, 1.165) is 19.4 Å². The molecule has 3 heteroatoms. The molecule has 1 amide bonds. The van der Waals surface area contributed by atoms with E-state index in [4.69, 9.17) is 0 Å². The lowest BCUT2D eigenvalue weighted by atomic mass is 10.1. The summed E-state index contributed by atoms with van der Waals surface area (Å²) in [7, 11) is 0. The van der Waals surface area contributed by atoms with Gasteiger partial charge in [0.1, 0.15) is 0 Å². The number of likely N-dealkylation sites (tertiary alicyclic amines) is 1. The maximum absolute atomic E-state index is 12.3. The highest BCUT2D eigenvalue weighted by Crippen LogP contribution is 2.23. The molecule has 1 saturated heterocycles. The Labute approximate surface area is 102 Å². The lowest BCUT2D eigenvalue weighted by Crippen LogP contribution is -2.42. The third kappa shape index (κ3) is 2.50. The number of nitrogens with zero attached hydrogens (tertiary/aromatic N) is 1. The molecular weight excluding hydrogens is 214 g/mol. The van der Waals surface area contributed by atoms with Crippen LogP contribution in [-0.4, -0.2) is 34.6 Å². The molecule has 0 aliphatic carbocycles. The van der Waals surface area contributed by atoms with Gasteiger partial charge in [-0.2, -0.15) is 0 Å². The highest BCUT2D eigenvalue weighted by atomic mass is 16.3. The summed E-state index contributed by atoms with van der Waals surface area (Å²) in [6, 6.07) is 9.29. The van der Waals surface area contributed by atoms with Gasteiger partial charge in [0.05, 0.1) is 12.1 Å². The predicted octanol–water partition coefficient (Wildman–Crippen LogP) is 2.06. The average Bonchev–Trinajstić information content (AvgIpc) is 2.87. The van der Waals surface area contributed by atoms with E-state index in [1.165, 1.54) is 0 Å². The number of carbonyl (C=O) groups excluding carboxylic acids is 1. The molecule has 17 heavy (non-hydrogen) atoms. The monoisotopic (exact) mass is 233 g/mol. The first-order valence-corrected chi connectivity index (χ1v) is 6.28. The molecule has 1 aromatic rings. The van der Waals surface area contributed by atoms with Crippen LogP contribution in [0.1, 0.15) is 36.5 Å². The topological polar surface area (TPSA) is 40.5 Å². The van der Waals surface area contributed by atoms with Gasteiger partial charge >= 0.3 is 0 Å². The summed E-state index contributed by atoms with van der Waals surface area (Å²) >= 11 is 0. The van der Waals surface area contributed by atoms with Crippen molar-refractivity contribution in [2.45, 2.75) is 38.3 Å². The SMILES string of the molecule is CCC(O)C1CCCN1C(=O)c1ccccc1. The van der Waals surface area contributed by atoms with Crippen LogP contribution in [0.15, 0.2) is 30.3 Å². The van der Waals surface area contributed by atoms with Gasteiger partial charge in [-0.05, 0) is 31.4 Å². The first-order valence-electron chi connectivity index (χ1n) is 6.28. The van der Waals surface area contributed by atoms with Gasteiger partial charge in [0.25, 0.3) is 5.91 Å². The zero-order chi connectivity index (χ0) is 12.3. The second kappa shape index (κ2) is 5.32. The van der Waals surface area contributed by atoms with Crippen molar-refractivity contribution < 1.29 is 9.90 Å². The van der Waals surface area contributed by atoms with Crippen LogP contribution in [0.4, 0.5) is 0 Å². The summed E-state index contributed by atoms with van der Waals surface area (Å²) < 4.78 is 0. The Morgan fingerprint density at radius 3 is 2.82 bits per heavy atom. The maximum atomic E-state index is 12.3. The highest BCUT2D eigenvalue weighted by Gasteiger charge is 2.33. The van der Waals surface area contributed by atoms with E-state index in [9.17, 15) is 9.90 Å². The first-order chi connectivity index (χ1) is 8.24. The second-order valence-corrected chi connectivity index (χ2v) is 4.55. The van der Waals surface area contributed by atoms with E-state index >= 15 is 0 Å². The summed E-state index contributed by atoms with van der Waals surface area (Å²) in [4.78, 5) is 14.1. The van der Waals surface area contributed by atoms with E-state index < -0.39 is 6.10 Å². The summed E-state index contributed by atoms with van der Waals surface area (Å²) in [5, 5.41) is 9.93. The lowest BCUT2D eigenvalue weighted by Gasteiger charge is -2.28. The number of benzene rings is 1. The van der Waals surface area contributed by atoms with Gasteiger partial charge < -0.3 is 10.0 Å². The smallest absolute Gasteiger partial charge is 0.254 e. The fourth-order valence-corrected chi connectivity index (χ4v) is 2.46. The van der Waals surface area contributed by atoms with Crippen molar-refractivity contribution in [1.29, 1.82) is 0 Å². The molecule has 0 radical (unpaired) electrons. The number of rotatable bonds is 3. The number of aliphatic hydroxyl groups excluding tert-OH is 1. The van der Waals surface area contributed by atoms with E-state index in [0.29, 0.717) is 12.0 Å². The normalized spacial score (nSPS) is 21.5. The minimum absolute atomic E-state index is 0.00675. The van der Waals surface area contributed by atoms with Crippen LogP contribution < -0.4 is 0 Å². The van der Waals surface area contributed by atoms with Gasteiger partial charge in [0.15, 0.2) is 0 Å². The molecule has 0 saturated carbocycles. The van der Waals surface area contributed by atoms with Crippen molar-refractivity contribution in [1.82, 2.24) is 4.90 Å². The fourth-order valence-electron chi connectivity index (χ4n) is 2.46. The Morgan fingerprint density at radius 1 is 1.47 bits per heavy atom. The van der Waals surface area contributed by atoms with Gasteiger partial charge in [0, 0.05) is 12.1 Å². The van der Waals surface area contributed by atoms with Crippen LogP contribution >= 0.6 is 0 Å². The summed E-state index contributed by atoms with van der Waals surface area (Å²) in [5.41, 5.74) is 0.711. The Morgan fingerprint density at radius 2 is 2.18 bits per heavy atom. The van der Waals surface area contributed by atoms with Gasteiger partial charge in [-0.25, -0.2) is 0 Å². The molecule has 1 heterocycles. The zero-order valence-corrected chi connectivity index (χ0v) is 10.2. The minimum Gasteiger partial charge on any atom is -0.391 e. The van der Waals surface area contributed by atoms with Crippen molar-refractivity contribution in [2.75, 3.05) is 6.54 Å². The molecule has 3 nitrogen and oxygen atoms in total. The van der Waals surface area contributed by atoms with Crippen molar-refractivity contribution in [3.8, 4) is 0 Å². The molecule has 2 rings (SSSR count). The highest BCUT2D eigenvalue weighted by molar-refractivity contribution is 5.94. The summed E-state index contributed by atoms with van der Waals surface area (Å²) in [5.74, 6) is 0.0422. The third-order valence-corrected chi connectivity index (χ3v) is 3.44. The fraction of sp³-hybridized carbons (Fsp3) is 0.500. The molecule has 2 atom stereocenters. The number of carbonyl (C=O) groups is 1. The van der Waals surface area contributed by atoms with Crippen molar-refractivity contribution in [2.24, 2.45) is 0 Å². The number of hydrogen-bond donors (Lipinski definition) is 1. The molecule has 92 valence electrons. The van der Waals surface area contributed by atoms with Gasteiger partial charge in [0.2, 0.25) is 0 Å². The number of amides is 1. The van der Waals surface area contributed by atoms with E-state index in [1.807, 2.05) is 42.2 Å². The summed E-state index contributed by atoms with van der Waals surface area (Å²) in [6.07, 6.45) is 2.20. The molecule has 1 fully saturated rings. The van der Waals surface area contributed by atoms with E-state index in [1.54, 1.807) is 0 Å². The van der Waals surface area contributed by atoms with Crippen LogP contribution in [0.3, 0.4) is 0 Å². The number of hydrogen-bond acceptors (Lipinski definition) is 2. The van der Waals surface area contributed by atoms with Crippen LogP contribution in [0.2, 0.25) is 0 Å². The Balaban J connectivity index is 2.14. The quantitative estimate of drug-likeness (QED) is 0.868. The average molecular weight is 233 g/mol. The second-order valence-electron chi connectivity index (χ2n) is 4.55. The van der Waals surface area contributed by atoms with Crippen LogP contribution in [0.5, 0.6) is 0 Å². The predicted molar refractivity (Wildman–Crippen MR) is 66.8 cm³/mol. The van der Waals surface area contributed by atoms with Crippen LogP contribution in [0.25, 0.3) is 0 Å². The van der Waals surface area contributed by atoms with Crippen LogP contribution in [-0.2, 0) is 0 Å². The lowest BCUT2D eigenvalue weighted by molar-refractivity contribution is 0.0479. The molecule has 1 aliphatic rings. The largest absolute Gasteiger partial charge is 0.391 e. The maximum Gasteiger partial charge on any atom is 0.254 e. The Bertz CT molecular complexity index is 377. The molecule has 0 aromatic heterocycles. The molecule has 1 aliphatic heterocycles. The van der Waals surface area contributed by atoms with Crippen molar-refractivity contribution in [3.05, 3.63) is 35.9 Å². The van der Waals surface area contributed by atoms with Gasteiger partial charge in [-0.1, -0.05) is 25.1 Å². The Hall–Kier alpha value is -1.35. The number of aliphatic hydroxyl groups is 1. The van der Waals surface area contributed by atoms with Crippen LogP contribution in [0, 0.1) is 0 Å². The molecule has 1 N–H and O–H groups in total. The van der Waals surface area contributed by atoms with Crippen molar-refractivity contribution >= 4 is 5.91 Å². The van der Waals surface area contributed by atoms with Gasteiger partial charge in [-0.15, -0.1) is 0 Å². The molecule has 1 aromatic carbocycles. The van der Waals surface area contributed by atoms with E-state index in [-0.39, 0.29) is 11.9 Å². The van der Waals surface area contributed by atoms with E-state index in [2.05, 4.69) is 0 Å².